The summed E-state index contributed by atoms with van der Waals surface area (Å²) in [5.74, 6) is 0.274. The lowest BCUT2D eigenvalue weighted by Crippen LogP contribution is -2.43. The van der Waals surface area contributed by atoms with Crippen molar-refractivity contribution in [3.8, 4) is 5.75 Å². The lowest BCUT2D eigenvalue weighted by molar-refractivity contribution is -0.121. The highest BCUT2D eigenvalue weighted by Crippen LogP contribution is 2.14. The van der Waals surface area contributed by atoms with Crippen LogP contribution < -0.4 is 21.3 Å². The monoisotopic (exact) mass is 464 g/mol. The summed E-state index contributed by atoms with van der Waals surface area (Å²) in [6.45, 7) is -0.0152. The molecule has 0 aliphatic carbocycles. The van der Waals surface area contributed by atoms with Crippen molar-refractivity contribution in [1.29, 1.82) is 0 Å². The smallest absolute Gasteiger partial charge is 0.332 e. The predicted octanol–water partition coefficient (Wildman–Crippen LogP) is 2.58. The summed E-state index contributed by atoms with van der Waals surface area (Å²) in [6, 6.07) is 17.4. The van der Waals surface area contributed by atoms with E-state index in [1.54, 1.807) is 55.6 Å². The molecule has 0 spiro atoms. The molecule has 2 heterocycles. The van der Waals surface area contributed by atoms with E-state index >= 15 is 0 Å². The first-order chi connectivity index (χ1) is 16.0. The molecule has 9 heteroatoms. The summed E-state index contributed by atoms with van der Waals surface area (Å²) in [7, 11) is 1.56. The van der Waals surface area contributed by atoms with Gasteiger partial charge in [-0.2, -0.15) is 0 Å². The van der Waals surface area contributed by atoms with Crippen molar-refractivity contribution in [2.45, 2.75) is 19.6 Å². The van der Waals surface area contributed by atoms with Gasteiger partial charge in [-0.3, -0.25) is 18.7 Å². The molecule has 0 radical (unpaired) electrons. The van der Waals surface area contributed by atoms with Crippen molar-refractivity contribution in [2.24, 2.45) is 0 Å². The van der Waals surface area contributed by atoms with Gasteiger partial charge in [0.25, 0.3) is 5.56 Å². The number of nitrogens with zero attached hydrogens (tertiary/aromatic N) is 3. The predicted molar refractivity (Wildman–Crippen MR) is 126 cm³/mol. The highest BCUT2D eigenvalue weighted by atomic mass is 35.5. The molecule has 1 N–H and O–H groups in total. The van der Waals surface area contributed by atoms with E-state index in [4.69, 9.17) is 16.3 Å². The molecule has 0 fully saturated rings. The fourth-order valence-corrected chi connectivity index (χ4v) is 3.69. The molecule has 2 aromatic heterocycles. The molecule has 4 aromatic rings. The first-order valence-corrected chi connectivity index (χ1v) is 10.6. The minimum absolute atomic E-state index is 0.0371. The van der Waals surface area contributed by atoms with Crippen molar-refractivity contribution >= 4 is 28.5 Å². The third kappa shape index (κ3) is 4.80. The Balaban J connectivity index is 1.66. The van der Waals surface area contributed by atoms with Crippen molar-refractivity contribution < 1.29 is 9.53 Å². The van der Waals surface area contributed by atoms with Gasteiger partial charge in [0, 0.05) is 17.8 Å². The molecule has 4 rings (SSSR count). The van der Waals surface area contributed by atoms with Crippen LogP contribution in [-0.4, -0.2) is 27.1 Å². The van der Waals surface area contributed by atoms with Gasteiger partial charge in [0.1, 0.15) is 12.3 Å². The van der Waals surface area contributed by atoms with Crippen LogP contribution in [0.25, 0.3) is 11.0 Å². The number of fused-ring (bicyclic) bond motifs is 1. The number of carbonyl (C=O) groups excluding carboxylic acids is 1. The molecule has 0 unspecified atom stereocenters. The Kier molecular flexibility index (Phi) is 6.55. The van der Waals surface area contributed by atoms with Gasteiger partial charge in [-0.1, -0.05) is 41.9 Å². The maximum absolute atomic E-state index is 13.3. The van der Waals surface area contributed by atoms with Gasteiger partial charge >= 0.3 is 5.69 Å². The van der Waals surface area contributed by atoms with Gasteiger partial charge in [0.2, 0.25) is 5.91 Å². The minimum Gasteiger partial charge on any atom is -0.497 e. The van der Waals surface area contributed by atoms with Crippen LogP contribution in [0.4, 0.5) is 0 Å². The Morgan fingerprint density at radius 1 is 1.03 bits per heavy atom. The highest BCUT2D eigenvalue weighted by molar-refractivity contribution is 6.31. The van der Waals surface area contributed by atoms with Crippen LogP contribution >= 0.6 is 11.6 Å². The molecule has 0 aliphatic rings. The van der Waals surface area contributed by atoms with E-state index in [1.807, 2.05) is 12.1 Å². The van der Waals surface area contributed by atoms with Gasteiger partial charge < -0.3 is 10.1 Å². The number of nitrogens with one attached hydrogen (secondary N) is 1. The first-order valence-electron chi connectivity index (χ1n) is 10.2. The van der Waals surface area contributed by atoms with Crippen LogP contribution in [-0.2, 0) is 24.4 Å². The molecule has 0 atom stereocenters. The van der Waals surface area contributed by atoms with Crippen molar-refractivity contribution in [1.82, 2.24) is 19.4 Å². The second kappa shape index (κ2) is 9.70. The van der Waals surface area contributed by atoms with E-state index in [9.17, 15) is 14.4 Å². The SMILES string of the molecule is COc1ccc(Cn2c(=O)c3ncccc3n(CC(=O)NCc3ccccc3Cl)c2=O)cc1. The lowest BCUT2D eigenvalue weighted by atomic mass is 10.2. The fourth-order valence-electron chi connectivity index (χ4n) is 3.48. The summed E-state index contributed by atoms with van der Waals surface area (Å²) >= 11 is 6.14. The average molecular weight is 465 g/mol. The number of pyridine rings is 1. The van der Waals surface area contributed by atoms with Crippen LogP contribution in [0.3, 0.4) is 0 Å². The number of rotatable bonds is 7. The number of hydrogen-bond donors (Lipinski definition) is 1. The zero-order valence-electron chi connectivity index (χ0n) is 17.8. The fraction of sp³-hybridized carbons (Fsp3) is 0.167. The number of halogens is 1. The summed E-state index contributed by atoms with van der Waals surface area (Å²) in [4.78, 5) is 43.1. The summed E-state index contributed by atoms with van der Waals surface area (Å²) in [6.07, 6.45) is 1.48. The van der Waals surface area contributed by atoms with E-state index in [-0.39, 0.29) is 25.2 Å². The van der Waals surface area contributed by atoms with Gasteiger partial charge in [-0.05, 0) is 41.5 Å². The zero-order valence-corrected chi connectivity index (χ0v) is 18.6. The van der Waals surface area contributed by atoms with Gasteiger partial charge in [-0.15, -0.1) is 0 Å². The Morgan fingerprint density at radius 2 is 1.79 bits per heavy atom. The summed E-state index contributed by atoms with van der Waals surface area (Å²) in [5, 5.41) is 3.31. The van der Waals surface area contributed by atoms with Crippen molar-refractivity contribution in [3.63, 3.8) is 0 Å². The molecular formula is C24H21ClN4O4. The van der Waals surface area contributed by atoms with Crippen LogP contribution in [0, 0.1) is 0 Å². The maximum atomic E-state index is 13.3. The van der Waals surface area contributed by atoms with E-state index in [0.717, 1.165) is 15.7 Å². The van der Waals surface area contributed by atoms with Crippen LogP contribution in [0.2, 0.25) is 5.02 Å². The zero-order chi connectivity index (χ0) is 23.4. The third-order valence-electron chi connectivity index (χ3n) is 5.22. The average Bonchev–Trinajstić information content (AvgIpc) is 2.84. The van der Waals surface area contributed by atoms with Gasteiger partial charge in [0.05, 0.1) is 19.2 Å². The molecule has 0 saturated heterocycles. The molecule has 33 heavy (non-hydrogen) atoms. The topological polar surface area (TPSA) is 95.2 Å². The van der Waals surface area contributed by atoms with Gasteiger partial charge in [0.15, 0.2) is 5.52 Å². The number of amides is 1. The molecule has 0 saturated carbocycles. The molecular weight excluding hydrogens is 444 g/mol. The summed E-state index contributed by atoms with van der Waals surface area (Å²) in [5.41, 5.74) is 0.801. The Hall–Kier alpha value is -3.91. The highest BCUT2D eigenvalue weighted by Gasteiger charge is 2.16. The quantitative estimate of drug-likeness (QED) is 0.453. The normalized spacial score (nSPS) is 10.8. The molecule has 8 nitrogen and oxygen atoms in total. The number of ether oxygens (including phenoxy) is 1. The standard InChI is InChI=1S/C24H21ClN4O4/c1-33-18-10-8-16(9-11-18)14-29-23(31)22-20(7-4-12-26-22)28(24(29)32)15-21(30)27-13-17-5-2-3-6-19(17)25/h2-12H,13-15H2,1H3,(H,27,30). The molecule has 0 bridgehead atoms. The summed E-state index contributed by atoms with van der Waals surface area (Å²) < 4.78 is 7.49. The van der Waals surface area contributed by atoms with Crippen LogP contribution in [0.1, 0.15) is 11.1 Å². The number of benzene rings is 2. The largest absolute Gasteiger partial charge is 0.497 e. The number of carbonyl (C=O) groups is 1. The third-order valence-corrected chi connectivity index (χ3v) is 5.59. The van der Waals surface area contributed by atoms with Crippen molar-refractivity contribution in [2.75, 3.05) is 7.11 Å². The number of hydrogen-bond acceptors (Lipinski definition) is 5. The van der Waals surface area contributed by atoms with E-state index < -0.39 is 17.2 Å². The first kappa shape index (κ1) is 22.3. The second-order valence-electron chi connectivity index (χ2n) is 7.35. The van der Waals surface area contributed by atoms with E-state index in [1.165, 1.54) is 10.8 Å². The Labute approximate surface area is 194 Å². The minimum atomic E-state index is -0.593. The van der Waals surface area contributed by atoms with Gasteiger partial charge in [-0.25, -0.2) is 9.78 Å². The lowest BCUT2D eigenvalue weighted by Gasteiger charge is -2.14. The van der Waals surface area contributed by atoms with Crippen molar-refractivity contribution in [3.05, 3.63) is 104 Å². The van der Waals surface area contributed by atoms with E-state index in [0.29, 0.717) is 16.3 Å². The Morgan fingerprint density at radius 3 is 2.52 bits per heavy atom. The molecule has 2 aromatic carbocycles. The second-order valence-corrected chi connectivity index (χ2v) is 7.75. The molecule has 1 amide bonds. The van der Waals surface area contributed by atoms with E-state index in [2.05, 4.69) is 10.3 Å². The molecule has 0 aliphatic heterocycles. The van der Waals surface area contributed by atoms with Crippen LogP contribution in [0.5, 0.6) is 5.75 Å². The maximum Gasteiger partial charge on any atom is 0.332 e. The Bertz CT molecular complexity index is 1430. The number of aromatic nitrogens is 3. The number of methoxy groups -OCH3 is 1. The molecule has 168 valence electrons. The van der Waals surface area contributed by atoms with Crippen LogP contribution in [0.15, 0.2) is 76.4 Å².